The van der Waals surface area contributed by atoms with E-state index in [0.29, 0.717) is 0 Å². The van der Waals surface area contributed by atoms with Gasteiger partial charge in [0.2, 0.25) is 9.05 Å². The van der Waals surface area contributed by atoms with Crippen LogP contribution in [0.5, 0.6) is 0 Å². The molecule has 7 heteroatoms. The Hall–Kier alpha value is 0.160. The number of benzene rings is 1. The Kier molecular flexibility index (Phi) is 3.80. The third-order valence-electron chi connectivity index (χ3n) is 1.46. The van der Waals surface area contributed by atoms with Crippen LogP contribution in [0.1, 0.15) is 5.56 Å². The number of hydrogen-bond acceptors (Lipinski definition) is 2. The first-order valence-electron chi connectivity index (χ1n) is 3.36. The van der Waals surface area contributed by atoms with Crippen molar-refractivity contribution in [3.05, 3.63) is 33.0 Å². The molecule has 0 N–H and O–H groups in total. The molecule has 0 spiro atoms. The molecule has 78 valence electrons. The first-order valence-corrected chi connectivity index (χ1v) is 7.01. The molecule has 14 heavy (non-hydrogen) atoms. The lowest BCUT2D eigenvalue weighted by molar-refractivity contribution is 0.594. The summed E-state index contributed by atoms with van der Waals surface area (Å²) in [6, 6.07) is 2.79. The van der Waals surface area contributed by atoms with Crippen molar-refractivity contribution in [1.29, 1.82) is 0 Å². The van der Waals surface area contributed by atoms with Crippen LogP contribution in [0.25, 0.3) is 0 Å². The fraction of sp³-hybridized carbons (Fsp3) is 0.143. The maximum Gasteiger partial charge on any atom is 0.236 e. The molecule has 1 aromatic carbocycles. The van der Waals surface area contributed by atoms with Crippen molar-refractivity contribution in [1.82, 2.24) is 0 Å². The van der Waals surface area contributed by atoms with Crippen LogP contribution >= 0.6 is 38.2 Å². The van der Waals surface area contributed by atoms with Crippen LogP contribution in [0.2, 0.25) is 5.02 Å². The van der Waals surface area contributed by atoms with Gasteiger partial charge in [-0.25, -0.2) is 12.8 Å². The van der Waals surface area contributed by atoms with E-state index in [1.165, 1.54) is 12.1 Å². The number of rotatable bonds is 2. The zero-order chi connectivity index (χ0) is 10.9. The Bertz CT molecular complexity index is 461. The van der Waals surface area contributed by atoms with Gasteiger partial charge in [-0.3, -0.25) is 0 Å². The Balaban J connectivity index is 3.27. The van der Waals surface area contributed by atoms with Gasteiger partial charge in [0.25, 0.3) is 0 Å². The van der Waals surface area contributed by atoms with Crippen molar-refractivity contribution in [2.45, 2.75) is 5.75 Å². The third kappa shape index (κ3) is 3.08. The van der Waals surface area contributed by atoms with Gasteiger partial charge in [-0.1, -0.05) is 11.6 Å². The standard InChI is InChI=1S/C7H4BrCl2FO2S/c8-5-1-2-6(9)4(7(5)11)3-14(10,12)13/h1-2H,3H2. The molecule has 0 amide bonds. The van der Waals surface area contributed by atoms with Crippen molar-refractivity contribution < 1.29 is 12.8 Å². The van der Waals surface area contributed by atoms with Gasteiger partial charge in [0.05, 0.1) is 10.2 Å². The average molecular weight is 322 g/mol. The molecule has 0 heterocycles. The fourth-order valence-corrected chi connectivity index (χ4v) is 2.49. The van der Waals surface area contributed by atoms with Gasteiger partial charge in [-0.05, 0) is 28.1 Å². The number of hydrogen-bond donors (Lipinski definition) is 0. The van der Waals surface area contributed by atoms with E-state index in [1.807, 2.05) is 0 Å². The van der Waals surface area contributed by atoms with Gasteiger partial charge in [0.1, 0.15) is 5.82 Å². The molecule has 1 rings (SSSR count). The van der Waals surface area contributed by atoms with Crippen molar-refractivity contribution >= 4 is 47.3 Å². The lowest BCUT2D eigenvalue weighted by atomic mass is 10.2. The topological polar surface area (TPSA) is 34.1 Å². The van der Waals surface area contributed by atoms with Crippen LogP contribution in [0.3, 0.4) is 0 Å². The zero-order valence-corrected chi connectivity index (χ0v) is 10.5. The van der Waals surface area contributed by atoms with E-state index in [-0.39, 0.29) is 15.1 Å². The van der Waals surface area contributed by atoms with E-state index in [4.69, 9.17) is 22.3 Å². The smallest absolute Gasteiger partial charge is 0.212 e. The van der Waals surface area contributed by atoms with Crippen molar-refractivity contribution in [3.63, 3.8) is 0 Å². The van der Waals surface area contributed by atoms with Gasteiger partial charge >= 0.3 is 0 Å². The highest BCUT2D eigenvalue weighted by molar-refractivity contribution is 9.10. The molecular formula is C7H4BrCl2FO2S. The van der Waals surface area contributed by atoms with Crippen LogP contribution < -0.4 is 0 Å². The van der Waals surface area contributed by atoms with Crippen LogP contribution in [-0.4, -0.2) is 8.42 Å². The summed E-state index contributed by atoms with van der Waals surface area (Å²) in [6.07, 6.45) is 0. The highest BCUT2D eigenvalue weighted by Crippen LogP contribution is 2.28. The molecule has 0 unspecified atom stereocenters. The minimum Gasteiger partial charge on any atom is -0.212 e. The molecule has 0 aliphatic carbocycles. The SMILES string of the molecule is O=S(=O)(Cl)Cc1c(Cl)ccc(Br)c1F. The molecular weight excluding hydrogens is 318 g/mol. The molecule has 0 aliphatic heterocycles. The molecule has 0 radical (unpaired) electrons. The third-order valence-corrected chi connectivity index (χ3v) is 3.38. The van der Waals surface area contributed by atoms with E-state index in [2.05, 4.69) is 15.9 Å². The normalized spacial score (nSPS) is 11.7. The van der Waals surface area contributed by atoms with Crippen LogP contribution in [0.4, 0.5) is 4.39 Å². The largest absolute Gasteiger partial charge is 0.236 e. The Morgan fingerprint density at radius 1 is 1.43 bits per heavy atom. The molecule has 0 aromatic heterocycles. The minimum atomic E-state index is -3.81. The number of halogens is 4. The molecule has 0 saturated carbocycles. The second kappa shape index (κ2) is 4.35. The summed E-state index contributed by atoms with van der Waals surface area (Å²) in [7, 11) is 1.18. The van der Waals surface area contributed by atoms with Gasteiger partial charge < -0.3 is 0 Å². The van der Waals surface area contributed by atoms with Gasteiger partial charge in [0, 0.05) is 21.3 Å². The summed E-state index contributed by atoms with van der Waals surface area (Å²) in [5.74, 6) is -1.33. The molecule has 0 saturated heterocycles. The summed E-state index contributed by atoms with van der Waals surface area (Å²) >= 11 is 8.54. The summed E-state index contributed by atoms with van der Waals surface area (Å²) in [5, 5.41) is 0.0370. The van der Waals surface area contributed by atoms with E-state index in [1.54, 1.807) is 0 Å². The maximum atomic E-state index is 13.3. The predicted octanol–water partition coefficient (Wildman–Crippen LogP) is 3.31. The second-order valence-corrected chi connectivity index (χ2v) is 6.54. The van der Waals surface area contributed by atoms with Crippen molar-refractivity contribution in [2.75, 3.05) is 0 Å². The van der Waals surface area contributed by atoms with Crippen LogP contribution in [0, 0.1) is 5.82 Å². The van der Waals surface area contributed by atoms with Crippen molar-refractivity contribution in [2.24, 2.45) is 0 Å². The van der Waals surface area contributed by atoms with Crippen LogP contribution in [-0.2, 0) is 14.8 Å². The summed E-state index contributed by atoms with van der Waals surface area (Å²) in [6.45, 7) is 0. The second-order valence-electron chi connectivity index (χ2n) is 2.50. The average Bonchev–Trinajstić information content (AvgIpc) is 2.04. The quantitative estimate of drug-likeness (QED) is 0.618. The highest BCUT2D eigenvalue weighted by atomic mass is 79.9. The Morgan fingerprint density at radius 2 is 2.00 bits per heavy atom. The molecule has 1 aromatic rings. The first kappa shape index (κ1) is 12.2. The molecule has 0 atom stereocenters. The molecule has 0 fully saturated rings. The predicted molar refractivity (Wildman–Crippen MR) is 57.6 cm³/mol. The molecule has 2 nitrogen and oxygen atoms in total. The lowest BCUT2D eigenvalue weighted by Gasteiger charge is -2.04. The molecule has 0 bridgehead atoms. The summed E-state index contributed by atoms with van der Waals surface area (Å²) in [4.78, 5) is 0. The Morgan fingerprint density at radius 3 is 2.50 bits per heavy atom. The zero-order valence-electron chi connectivity index (χ0n) is 6.60. The van der Waals surface area contributed by atoms with E-state index in [0.717, 1.165) is 0 Å². The van der Waals surface area contributed by atoms with Gasteiger partial charge in [-0.15, -0.1) is 0 Å². The fourth-order valence-electron chi connectivity index (χ4n) is 0.874. The minimum absolute atomic E-state index is 0.0370. The molecule has 0 aliphatic rings. The summed E-state index contributed by atoms with van der Waals surface area (Å²) < 4.78 is 35.0. The van der Waals surface area contributed by atoms with E-state index >= 15 is 0 Å². The van der Waals surface area contributed by atoms with Gasteiger partial charge in [0.15, 0.2) is 0 Å². The summed E-state index contributed by atoms with van der Waals surface area (Å²) in [5.41, 5.74) is -0.129. The van der Waals surface area contributed by atoms with E-state index < -0.39 is 20.6 Å². The van der Waals surface area contributed by atoms with Crippen molar-refractivity contribution in [3.8, 4) is 0 Å². The highest BCUT2D eigenvalue weighted by Gasteiger charge is 2.16. The first-order chi connectivity index (χ1) is 6.31. The lowest BCUT2D eigenvalue weighted by Crippen LogP contribution is -2.00. The maximum absolute atomic E-state index is 13.3. The monoisotopic (exact) mass is 320 g/mol. The van der Waals surface area contributed by atoms with Crippen LogP contribution in [0.15, 0.2) is 16.6 Å². The van der Waals surface area contributed by atoms with E-state index in [9.17, 15) is 12.8 Å². The Labute approximate surface area is 98.6 Å². The van der Waals surface area contributed by atoms with Gasteiger partial charge in [-0.2, -0.15) is 0 Å².